The van der Waals surface area contributed by atoms with Crippen molar-refractivity contribution in [3.05, 3.63) is 65.0 Å². The molecule has 1 aromatic heterocycles. The molecule has 2 N–H and O–H groups in total. The second kappa shape index (κ2) is 5.78. The third-order valence-electron chi connectivity index (χ3n) is 3.11. The molecular weight excluding hydrogens is 220 g/mol. The van der Waals surface area contributed by atoms with E-state index in [9.17, 15) is 0 Å². The molecule has 2 rings (SSSR count). The van der Waals surface area contributed by atoms with Crippen molar-refractivity contribution in [2.24, 2.45) is 5.73 Å². The van der Waals surface area contributed by atoms with E-state index in [1.54, 1.807) is 0 Å². The lowest BCUT2D eigenvalue weighted by atomic mass is 9.98. The molecule has 0 aliphatic rings. The number of rotatable bonds is 4. The van der Waals surface area contributed by atoms with Crippen LogP contribution in [0.2, 0.25) is 0 Å². The Bertz CT molecular complexity index is 486. The van der Waals surface area contributed by atoms with Crippen LogP contribution in [0, 0.1) is 13.8 Å². The lowest BCUT2D eigenvalue weighted by molar-refractivity contribution is 0.643. The molecular formula is C16H20N2. The summed E-state index contributed by atoms with van der Waals surface area (Å²) in [4.78, 5) is 4.32. The molecule has 94 valence electrons. The Morgan fingerprint density at radius 1 is 1.11 bits per heavy atom. The van der Waals surface area contributed by atoms with E-state index in [2.05, 4.69) is 37.0 Å². The number of pyridine rings is 1. The van der Waals surface area contributed by atoms with Crippen molar-refractivity contribution in [1.82, 2.24) is 4.98 Å². The number of nitrogens with two attached hydrogens (primary N) is 1. The minimum Gasteiger partial charge on any atom is -0.324 e. The highest BCUT2D eigenvalue weighted by Gasteiger charge is 2.07. The molecule has 2 aromatic rings. The number of benzene rings is 1. The van der Waals surface area contributed by atoms with E-state index in [-0.39, 0.29) is 6.04 Å². The molecule has 0 amide bonds. The highest BCUT2D eigenvalue weighted by molar-refractivity contribution is 5.30. The maximum atomic E-state index is 6.25. The van der Waals surface area contributed by atoms with Gasteiger partial charge in [0.15, 0.2) is 0 Å². The minimum absolute atomic E-state index is 0.0885. The summed E-state index contributed by atoms with van der Waals surface area (Å²) in [5, 5.41) is 0. The van der Waals surface area contributed by atoms with Crippen LogP contribution in [-0.2, 0) is 6.42 Å². The maximum absolute atomic E-state index is 6.25. The summed E-state index contributed by atoms with van der Waals surface area (Å²) >= 11 is 0. The van der Waals surface area contributed by atoms with Crippen molar-refractivity contribution in [2.45, 2.75) is 32.7 Å². The van der Waals surface area contributed by atoms with Crippen LogP contribution in [0.4, 0.5) is 0 Å². The monoisotopic (exact) mass is 240 g/mol. The average Bonchev–Trinajstić information content (AvgIpc) is 2.36. The first kappa shape index (κ1) is 12.8. The van der Waals surface area contributed by atoms with Crippen LogP contribution in [0.1, 0.15) is 34.8 Å². The quantitative estimate of drug-likeness (QED) is 0.890. The Kier molecular flexibility index (Phi) is 4.11. The molecule has 1 aromatic carbocycles. The topological polar surface area (TPSA) is 38.9 Å². The summed E-state index contributed by atoms with van der Waals surface area (Å²) in [6.45, 7) is 4.23. The van der Waals surface area contributed by atoms with E-state index in [0.717, 1.165) is 18.5 Å². The molecule has 0 fully saturated rings. The molecule has 0 radical (unpaired) electrons. The zero-order valence-electron chi connectivity index (χ0n) is 11.1. The summed E-state index contributed by atoms with van der Waals surface area (Å²) in [7, 11) is 0. The Hall–Kier alpha value is -1.67. The smallest absolute Gasteiger partial charge is 0.0404 e. The van der Waals surface area contributed by atoms with Crippen LogP contribution in [0.5, 0.6) is 0 Å². The Morgan fingerprint density at radius 2 is 1.83 bits per heavy atom. The van der Waals surface area contributed by atoms with E-state index in [4.69, 9.17) is 5.73 Å². The molecule has 1 atom stereocenters. The van der Waals surface area contributed by atoms with Gasteiger partial charge in [-0.1, -0.05) is 35.4 Å². The first-order valence-electron chi connectivity index (χ1n) is 6.39. The summed E-state index contributed by atoms with van der Waals surface area (Å²) < 4.78 is 0. The van der Waals surface area contributed by atoms with Gasteiger partial charge in [0.1, 0.15) is 0 Å². The standard InChI is InChI=1S/C16H20N2/c1-12-9-13(2)11-14(10-12)16(17)7-6-15-5-3-4-8-18-15/h3-5,8-11,16H,6-7,17H2,1-2H3. The number of nitrogens with zero attached hydrogens (tertiary/aromatic N) is 1. The van der Waals surface area contributed by atoms with Crippen LogP contribution in [0.3, 0.4) is 0 Å². The van der Waals surface area contributed by atoms with Crippen LogP contribution < -0.4 is 5.73 Å². The average molecular weight is 240 g/mol. The number of aromatic nitrogens is 1. The second-order valence-electron chi connectivity index (χ2n) is 4.89. The third-order valence-corrected chi connectivity index (χ3v) is 3.11. The van der Waals surface area contributed by atoms with E-state index < -0.39 is 0 Å². The van der Waals surface area contributed by atoms with Crippen molar-refractivity contribution < 1.29 is 0 Å². The predicted octanol–water partition coefficient (Wildman–Crippen LogP) is 3.33. The van der Waals surface area contributed by atoms with Gasteiger partial charge in [-0.05, 0) is 44.4 Å². The molecule has 0 spiro atoms. The molecule has 0 bridgehead atoms. The van der Waals surface area contributed by atoms with Crippen LogP contribution in [-0.4, -0.2) is 4.98 Å². The molecule has 0 aliphatic heterocycles. The molecule has 1 unspecified atom stereocenters. The van der Waals surface area contributed by atoms with Gasteiger partial charge in [0.05, 0.1) is 0 Å². The largest absolute Gasteiger partial charge is 0.324 e. The van der Waals surface area contributed by atoms with E-state index in [1.165, 1.54) is 16.7 Å². The van der Waals surface area contributed by atoms with Gasteiger partial charge in [0.25, 0.3) is 0 Å². The van der Waals surface area contributed by atoms with Gasteiger partial charge in [0, 0.05) is 17.9 Å². The predicted molar refractivity (Wildman–Crippen MR) is 75.4 cm³/mol. The Balaban J connectivity index is 2.01. The van der Waals surface area contributed by atoms with Crippen LogP contribution >= 0.6 is 0 Å². The lowest BCUT2D eigenvalue weighted by Gasteiger charge is -2.13. The minimum atomic E-state index is 0.0885. The zero-order valence-corrected chi connectivity index (χ0v) is 11.1. The normalized spacial score (nSPS) is 12.4. The first-order valence-corrected chi connectivity index (χ1v) is 6.39. The summed E-state index contributed by atoms with van der Waals surface area (Å²) in [6.07, 6.45) is 3.69. The van der Waals surface area contributed by atoms with Gasteiger partial charge in [0.2, 0.25) is 0 Å². The van der Waals surface area contributed by atoms with Gasteiger partial charge < -0.3 is 5.73 Å². The summed E-state index contributed by atoms with van der Waals surface area (Å²) in [5.74, 6) is 0. The molecule has 2 heteroatoms. The number of aryl methyl sites for hydroxylation is 3. The highest BCUT2D eigenvalue weighted by atomic mass is 14.7. The molecule has 2 nitrogen and oxygen atoms in total. The molecule has 1 heterocycles. The van der Waals surface area contributed by atoms with Crippen molar-refractivity contribution in [3.63, 3.8) is 0 Å². The Morgan fingerprint density at radius 3 is 2.44 bits per heavy atom. The van der Waals surface area contributed by atoms with Gasteiger partial charge in [-0.2, -0.15) is 0 Å². The molecule has 0 saturated carbocycles. The summed E-state index contributed by atoms with van der Waals surface area (Å²) in [5.41, 5.74) is 11.1. The maximum Gasteiger partial charge on any atom is 0.0404 e. The fourth-order valence-corrected chi connectivity index (χ4v) is 2.24. The number of hydrogen-bond acceptors (Lipinski definition) is 2. The number of hydrogen-bond donors (Lipinski definition) is 1. The molecule has 0 aliphatic carbocycles. The van der Waals surface area contributed by atoms with Crippen LogP contribution in [0.25, 0.3) is 0 Å². The molecule has 18 heavy (non-hydrogen) atoms. The fourth-order valence-electron chi connectivity index (χ4n) is 2.24. The summed E-state index contributed by atoms with van der Waals surface area (Å²) in [6, 6.07) is 12.6. The van der Waals surface area contributed by atoms with Crippen LogP contribution in [0.15, 0.2) is 42.6 Å². The highest BCUT2D eigenvalue weighted by Crippen LogP contribution is 2.19. The second-order valence-corrected chi connectivity index (χ2v) is 4.89. The van der Waals surface area contributed by atoms with Crippen molar-refractivity contribution >= 4 is 0 Å². The lowest BCUT2D eigenvalue weighted by Crippen LogP contribution is -2.12. The first-order chi connectivity index (χ1) is 8.65. The van der Waals surface area contributed by atoms with Gasteiger partial charge in [-0.15, -0.1) is 0 Å². The molecule has 0 saturated heterocycles. The Labute approximate surface area is 109 Å². The van der Waals surface area contributed by atoms with Crippen molar-refractivity contribution in [3.8, 4) is 0 Å². The zero-order chi connectivity index (χ0) is 13.0. The van der Waals surface area contributed by atoms with Gasteiger partial charge in [-0.3, -0.25) is 4.98 Å². The van der Waals surface area contributed by atoms with E-state index in [1.807, 2.05) is 24.4 Å². The fraction of sp³-hybridized carbons (Fsp3) is 0.312. The van der Waals surface area contributed by atoms with E-state index >= 15 is 0 Å². The van der Waals surface area contributed by atoms with Crippen molar-refractivity contribution in [1.29, 1.82) is 0 Å². The van der Waals surface area contributed by atoms with Crippen molar-refractivity contribution in [2.75, 3.05) is 0 Å². The van der Waals surface area contributed by atoms with Gasteiger partial charge >= 0.3 is 0 Å². The third kappa shape index (κ3) is 3.41. The van der Waals surface area contributed by atoms with Gasteiger partial charge in [-0.25, -0.2) is 0 Å². The van der Waals surface area contributed by atoms with E-state index in [0.29, 0.717) is 0 Å². The SMILES string of the molecule is Cc1cc(C)cc(C(N)CCc2ccccn2)c1.